The van der Waals surface area contributed by atoms with Crippen LogP contribution in [0.3, 0.4) is 0 Å². The summed E-state index contributed by atoms with van der Waals surface area (Å²) < 4.78 is 39.3. The van der Waals surface area contributed by atoms with Crippen LogP contribution < -0.4 is 15.8 Å². The molecule has 0 spiro atoms. The number of alkyl halides is 3. The average Bonchev–Trinajstić information content (AvgIpc) is 3.05. The molecule has 3 aromatic rings. The van der Waals surface area contributed by atoms with Crippen molar-refractivity contribution in [3.63, 3.8) is 0 Å². The third-order valence-corrected chi connectivity index (χ3v) is 5.54. The molecule has 6 nitrogen and oxygen atoms in total. The first kappa shape index (κ1) is 21.9. The Morgan fingerprint density at radius 3 is 2.19 bits per heavy atom. The van der Waals surface area contributed by atoms with Crippen molar-refractivity contribution in [3.8, 4) is 0 Å². The first-order valence-corrected chi connectivity index (χ1v) is 10.5. The molecule has 0 bridgehead atoms. The van der Waals surface area contributed by atoms with E-state index in [9.17, 15) is 22.8 Å². The molecule has 0 saturated carbocycles. The first-order chi connectivity index (χ1) is 15.3. The van der Waals surface area contributed by atoms with Crippen molar-refractivity contribution in [2.24, 2.45) is 0 Å². The number of anilines is 2. The standard InChI is InChI=1S/C23H23F3N4O2/c24-23(25,26)16-9-11-17(12-10-16)27-20(31)15-30-22(32)19-8-4-3-7-18(19)21(28-30)29-13-5-1-2-6-14-29/h3-4,7-12H,1-2,5-6,13-15H2,(H,27,31). The minimum atomic E-state index is -4.45. The summed E-state index contributed by atoms with van der Waals surface area (Å²) in [6.45, 7) is 1.31. The number of hydrogen-bond acceptors (Lipinski definition) is 4. The third kappa shape index (κ3) is 4.76. The SMILES string of the molecule is O=C(Cn1nc(N2CCCCCC2)c2ccccc2c1=O)Nc1ccc(C(F)(F)F)cc1. The van der Waals surface area contributed by atoms with Crippen LogP contribution in [0.5, 0.6) is 0 Å². The molecule has 168 valence electrons. The van der Waals surface area contributed by atoms with Crippen molar-refractivity contribution >= 4 is 28.2 Å². The average molecular weight is 444 g/mol. The number of carbonyl (C=O) groups excluding carboxylic acids is 1. The van der Waals surface area contributed by atoms with E-state index in [1.165, 1.54) is 12.1 Å². The Balaban J connectivity index is 1.60. The molecule has 0 unspecified atom stereocenters. The van der Waals surface area contributed by atoms with Crippen molar-refractivity contribution in [2.45, 2.75) is 38.4 Å². The summed E-state index contributed by atoms with van der Waals surface area (Å²) in [5.41, 5.74) is -0.976. The van der Waals surface area contributed by atoms with Crippen molar-refractivity contribution < 1.29 is 18.0 Å². The number of nitrogens with zero attached hydrogens (tertiary/aromatic N) is 3. The summed E-state index contributed by atoms with van der Waals surface area (Å²) in [4.78, 5) is 27.7. The zero-order valence-electron chi connectivity index (χ0n) is 17.4. The van der Waals surface area contributed by atoms with E-state index in [0.717, 1.165) is 61.0 Å². The summed E-state index contributed by atoms with van der Waals surface area (Å²) in [5.74, 6) is 0.126. The van der Waals surface area contributed by atoms with Gasteiger partial charge in [-0.3, -0.25) is 9.59 Å². The van der Waals surface area contributed by atoms with Crippen LogP contribution in [-0.4, -0.2) is 28.8 Å². The van der Waals surface area contributed by atoms with E-state index >= 15 is 0 Å². The zero-order chi connectivity index (χ0) is 22.7. The van der Waals surface area contributed by atoms with Crippen molar-refractivity contribution in [3.05, 3.63) is 64.4 Å². The lowest BCUT2D eigenvalue weighted by Gasteiger charge is -2.23. The van der Waals surface area contributed by atoms with Gasteiger partial charge in [-0.05, 0) is 43.2 Å². The molecule has 0 atom stereocenters. The van der Waals surface area contributed by atoms with E-state index in [4.69, 9.17) is 0 Å². The van der Waals surface area contributed by atoms with Gasteiger partial charge in [0.25, 0.3) is 5.56 Å². The molecule has 4 rings (SSSR count). The molecule has 0 aliphatic carbocycles. The smallest absolute Gasteiger partial charge is 0.355 e. The molecular weight excluding hydrogens is 421 g/mol. The van der Waals surface area contributed by atoms with Gasteiger partial charge in [0.2, 0.25) is 5.91 Å². The number of fused-ring (bicyclic) bond motifs is 1. The van der Waals surface area contributed by atoms with E-state index in [1.54, 1.807) is 12.1 Å². The van der Waals surface area contributed by atoms with Crippen LogP contribution >= 0.6 is 0 Å². The zero-order valence-corrected chi connectivity index (χ0v) is 17.4. The number of aromatic nitrogens is 2. The first-order valence-electron chi connectivity index (χ1n) is 10.5. The molecule has 32 heavy (non-hydrogen) atoms. The van der Waals surface area contributed by atoms with Gasteiger partial charge in [0.15, 0.2) is 5.82 Å². The van der Waals surface area contributed by atoms with Gasteiger partial charge in [-0.2, -0.15) is 18.3 Å². The number of amides is 1. The molecule has 0 radical (unpaired) electrons. The fourth-order valence-corrected chi connectivity index (χ4v) is 3.92. The highest BCUT2D eigenvalue weighted by atomic mass is 19.4. The molecule has 1 aromatic heterocycles. The maximum Gasteiger partial charge on any atom is 0.416 e. The second-order valence-corrected chi connectivity index (χ2v) is 7.86. The van der Waals surface area contributed by atoms with Gasteiger partial charge in [0.1, 0.15) is 6.54 Å². The van der Waals surface area contributed by atoms with Gasteiger partial charge in [-0.15, -0.1) is 0 Å². The second kappa shape index (κ2) is 9.02. The predicted molar refractivity (Wildman–Crippen MR) is 117 cm³/mol. The summed E-state index contributed by atoms with van der Waals surface area (Å²) >= 11 is 0. The quantitative estimate of drug-likeness (QED) is 0.646. The normalized spacial score (nSPS) is 14.9. The summed E-state index contributed by atoms with van der Waals surface area (Å²) in [5, 5.41) is 8.27. The lowest BCUT2D eigenvalue weighted by Crippen LogP contribution is -2.33. The van der Waals surface area contributed by atoms with Gasteiger partial charge < -0.3 is 10.2 Å². The lowest BCUT2D eigenvalue weighted by atomic mass is 10.1. The topological polar surface area (TPSA) is 67.2 Å². The Kier molecular flexibility index (Phi) is 6.16. The number of rotatable bonds is 4. The molecule has 9 heteroatoms. The molecule has 2 aromatic carbocycles. The second-order valence-electron chi connectivity index (χ2n) is 7.86. The Bertz CT molecular complexity index is 1160. The van der Waals surface area contributed by atoms with Crippen LogP contribution in [0.4, 0.5) is 24.7 Å². The number of hydrogen-bond donors (Lipinski definition) is 1. The molecular formula is C23H23F3N4O2. The van der Waals surface area contributed by atoms with Crippen LogP contribution in [0.15, 0.2) is 53.3 Å². The van der Waals surface area contributed by atoms with E-state index in [2.05, 4.69) is 15.3 Å². The Labute approximate surface area is 182 Å². The minimum Gasteiger partial charge on any atom is -0.355 e. The molecule has 1 saturated heterocycles. The maximum atomic E-state index is 13.0. The lowest BCUT2D eigenvalue weighted by molar-refractivity contribution is -0.137. The Morgan fingerprint density at radius 1 is 0.938 bits per heavy atom. The monoisotopic (exact) mass is 444 g/mol. The van der Waals surface area contributed by atoms with E-state index in [-0.39, 0.29) is 17.8 Å². The highest BCUT2D eigenvalue weighted by Crippen LogP contribution is 2.30. The molecule has 1 aliphatic rings. The fraction of sp³-hybridized carbons (Fsp3) is 0.348. The number of benzene rings is 2. The van der Waals surface area contributed by atoms with Crippen LogP contribution in [0.2, 0.25) is 0 Å². The van der Waals surface area contributed by atoms with Crippen LogP contribution in [0.1, 0.15) is 31.2 Å². The molecule has 2 heterocycles. The molecule has 1 amide bonds. The van der Waals surface area contributed by atoms with Gasteiger partial charge in [0.05, 0.1) is 10.9 Å². The van der Waals surface area contributed by atoms with Crippen molar-refractivity contribution in [1.29, 1.82) is 0 Å². The summed E-state index contributed by atoms with van der Waals surface area (Å²) in [6.07, 6.45) is -0.102. The molecule has 1 aliphatic heterocycles. The highest BCUT2D eigenvalue weighted by Gasteiger charge is 2.30. The third-order valence-electron chi connectivity index (χ3n) is 5.54. The van der Waals surface area contributed by atoms with Crippen molar-refractivity contribution in [1.82, 2.24) is 9.78 Å². The summed E-state index contributed by atoms with van der Waals surface area (Å²) in [6, 6.07) is 11.3. The maximum absolute atomic E-state index is 13.0. The number of carbonyl (C=O) groups is 1. The van der Waals surface area contributed by atoms with Crippen LogP contribution in [-0.2, 0) is 17.5 Å². The van der Waals surface area contributed by atoms with Crippen molar-refractivity contribution in [2.75, 3.05) is 23.3 Å². The van der Waals surface area contributed by atoms with E-state index in [0.29, 0.717) is 11.2 Å². The predicted octanol–water partition coefficient (Wildman–Crippen LogP) is 4.43. The molecule has 1 N–H and O–H groups in total. The summed E-state index contributed by atoms with van der Waals surface area (Å²) in [7, 11) is 0. The minimum absolute atomic E-state index is 0.213. The Hall–Kier alpha value is -3.36. The van der Waals surface area contributed by atoms with Gasteiger partial charge in [-0.1, -0.05) is 31.0 Å². The van der Waals surface area contributed by atoms with E-state index < -0.39 is 17.6 Å². The van der Waals surface area contributed by atoms with Crippen LogP contribution in [0.25, 0.3) is 10.8 Å². The van der Waals surface area contributed by atoms with Gasteiger partial charge in [-0.25, -0.2) is 4.68 Å². The number of halogens is 3. The highest BCUT2D eigenvalue weighted by molar-refractivity contribution is 5.93. The van der Waals surface area contributed by atoms with E-state index in [1.807, 2.05) is 12.1 Å². The number of nitrogens with one attached hydrogen (secondary N) is 1. The largest absolute Gasteiger partial charge is 0.416 e. The van der Waals surface area contributed by atoms with Gasteiger partial charge >= 0.3 is 6.18 Å². The fourth-order valence-electron chi connectivity index (χ4n) is 3.92. The molecule has 1 fully saturated rings. The van der Waals surface area contributed by atoms with Crippen LogP contribution in [0, 0.1) is 0 Å². The van der Waals surface area contributed by atoms with Gasteiger partial charge in [0, 0.05) is 24.2 Å². The Morgan fingerprint density at radius 2 is 1.56 bits per heavy atom.